The van der Waals surface area contributed by atoms with Crippen molar-refractivity contribution in [2.45, 2.75) is 20.0 Å². The van der Waals surface area contributed by atoms with Crippen LogP contribution in [-0.4, -0.2) is 22.8 Å². The molecule has 3 rings (SSSR count). The van der Waals surface area contributed by atoms with Crippen LogP contribution in [0.25, 0.3) is 10.9 Å². The second kappa shape index (κ2) is 6.76. The van der Waals surface area contributed by atoms with Gasteiger partial charge in [-0.25, -0.2) is 4.39 Å². The second-order valence-electron chi connectivity index (χ2n) is 5.84. The predicted octanol–water partition coefficient (Wildman–Crippen LogP) is 3.92. The van der Waals surface area contributed by atoms with Gasteiger partial charge in [0.1, 0.15) is 11.6 Å². The Balaban J connectivity index is 1.86. The van der Waals surface area contributed by atoms with Crippen LogP contribution in [0.2, 0.25) is 0 Å². The van der Waals surface area contributed by atoms with E-state index in [0.29, 0.717) is 22.3 Å². The summed E-state index contributed by atoms with van der Waals surface area (Å²) in [6.07, 6.45) is 1.33. The monoisotopic (exact) mass is 340 g/mol. The van der Waals surface area contributed by atoms with E-state index in [1.807, 2.05) is 13.8 Å². The Morgan fingerprint density at radius 1 is 1.16 bits per heavy atom. The number of para-hydroxylation sites is 2. The molecule has 0 unspecified atom stereocenters. The first kappa shape index (κ1) is 16.7. The fraction of sp³-hybridized carbons (Fsp3) is 0.158. The largest absolute Gasteiger partial charge is 0.489 e. The molecule has 2 aromatic carbocycles. The lowest BCUT2D eigenvalue weighted by atomic mass is 10.1. The number of halogens is 1. The van der Waals surface area contributed by atoms with Crippen molar-refractivity contribution < 1.29 is 18.7 Å². The Bertz CT molecular complexity index is 947. The number of amides is 1. The van der Waals surface area contributed by atoms with E-state index in [4.69, 9.17) is 4.74 Å². The van der Waals surface area contributed by atoms with Crippen LogP contribution < -0.4 is 10.1 Å². The van der Waals surface area contributed by atoms with Crippen molar-refractivity contribution in [2.24, 2.45) is 0 Å². The molecule has 3 aromatic rings. The van der Waals surface area contributed by atoms with E-state index < -0.39 is 17.5 Å². The zero-order valence-electron chi connectivity index (χ0n) is 13.8. The summed E-state index contributed by atoms with van der Waals surface area (Å²) >= 11 is 0. The fourth-order valence-electron chi connectivity index (χ4n) is 2.51. The number of ketones is 1. The minimum Gasteiger partial charge on any atom is -0.489 e. The molecule has 0 aliphatic rings. The van der Waals surface area contributed by atoms with E-state index in [0.717, 1.165) is 0 Å². The molecule has 0 aliphatic carbocycles. The van der Waals surface area contributed by atoms with E-state index in [1.165, 1.54) is 24.4 Å². The van der Waals surface area contributed by atoms with Crippen LogP contribution in [0.3, 0.4) is 0 Å². The molecule has 0 saturated carbocycles. The number of nitrogens with one attached hydrogen (secondary N) is 2. The minimum atomic E-state index is -0.815. The minimum absolute atomic E-state index is 0.0784. The highest BCUT2D eigenvalue weighted by Gasteiger charge is 2.21. The number of benzene rings is 2. The van der Waals surface area contributed by atoms with Crippen molar-refractivity contribution in [1.29, 1.82) is 0 Å². The normalized spacial score (nSPS) is 10.9. The van der Waals surface area contributed by atoms with E-state index >= 15 is 0 Å². The van der Waals surface area contributed by atoms with Gasteiger partial charge in [-0.3, -0.25) is 9.59 Å². The van der Waals surface area contributed by atoms with Gasteiger partial charge in [0.2, 0.25) is 0 Å². The molecule has 5 nitrogen and oxygen atoms in total. The molecule has 128 valence electrons. The van der Waals surface area contributed by atoms with Crippen LogP contribution in [-0.2, 0) is 4.79 Å². The van der Waals surface area contributed by atoms with Gasteiger partial charge in [-0.15, -0.1) is 0 Å². The zero-order chi connectivity index (χ0) is 18.0. The summed E-state index contributed by atoms with van der Waals surface area (Å²) in [5, 5.41) is 2.93. The molecule has 2 N–H and O–H groups in total. The average molecular weight is 340 g/mol. The van der Waals surface area contributed by atoms with E-state index in [9.17, 15) is 14.0 Å². The number of Topliss-reactive ketones (excluding diaryl/α,β-unsaturated/α-hetero) is 1. The summed E-state index contributed by atoms with van der Waals surface area (Å²) in [5.41, 5.74) is 1.11. The van der Waals surface area contributed by atoms with Crippen molar-refractivity contribution in [3.05, 3.63) is 60.0 Å². The van der Waals surface area contributed by atoms with Crippen molar-refractivity contribution in [1.82, 2.24) is 4.98 Å². The molecule has 0 radical (unpaired) electrons. The van der Waals surface area contributed by atoms with Gasteiger partial charge in [0, 0.05) is 17.1 Å². The van der Waals surface area contributed by atoms with E-state index in [1.54, 1.807) is 24.3 Å². The topological polar surface area (TPSA) is 71.2 Å². The number of rotatable bonds is 5. The van der Waals surface area contributed by atoms with Crippen LogP contribution in [0.15, 0.2) is 48.7 Å². The SMILES string of the molecule is CC(C)Oc1ccccc1NC(=O)C(=O)c1c[nH]c2ccc(F)cc12. The molecule has 0 spiro atoms. The Kier molecular flexibility index (Phi) is 4.52. The molecule has 0 saturated heterocycles. The van der Waals surface area contributed by atoms with Gasteiger partial charge in [0.15, 0.2) is 0 Å². The van der Waals surface area contributed by atoms with Gasteiger partial charge in [-0.1, -0.05) is 12.1 Å². The quantitative estimate of drug-likeness (QED) is 0.546. The molecule has 25 heavy (non-hydrogen) atoms. The van der Waals surface area contributed by atoms with Crippen molar-refractivity contribution in [2.75, 3.05) is 5.32 Å². The lowest BCUT2D eigenvalue weighted by Gasteiger charge is -2.14. The molecule has 0 atom stereocenters. The first-order valence-electron chi connectivity index (χ1n) is 7.83. The average Bonchev–Trinajstić information content (AvgIpc) is 2.98. The van der Waals surface area contributed by atoms with Gasteiger partial charge in [-0.2, -0.15) is 0 Å². The third kappa shape index (κ3) is 3.52. The summed E-state index contributed by atoms with van der Waals surface area (Å²) in [6.45, 7) is 3.73. The van der Waals surface area contributed by atoms with Crippen LogP contribution in [0.5, 0.6) is 5.75 Å². The summed E-state index contributed by atoms with van der Waals surface area (Å²) < 4.78 is 19.1. The number of anilines is 1. The molecular weight excluding hydrogens is 323 g/mol. The smallest absolute Gasteiger partial charge is 0.296 e. The standard InChI is InChI=1S/C19H17FN2O3/c1-11(2)25-17-6-4-3-5-16(17)22-19(24)18(23)14-10-21-15-8-7-12(20)9-13(14)15/h3-11,21H,1-2H3,(H,22,24). The van der Waals surface area contributed by atoms with Crippen molar-refractivity contribution in [3.63, 3.8) is 0 Å². The van der Waals surface area contributed by atoms with E-state index in [-0.39, 0.29) is 11.7 Å². The van der Waals surface area contributed by atoms with Crippen LogP contribution >= 0.6 is 0 Å². The summed E-state index contributed by atoms with van der Waals surface area (Å²) in [4.78, 5) is 27.7. The Labute approximate surface area is 143 Å². The molecule has 1 aromatic heterocycles. The molecule has 1 heterocycles. The fourth-order valence-corrected chi connectivity index (χ4v) is 2.51. The van der Waals surface area contributed by atoms with Gasteiger partial charge in [0.05, 0.1) is 17.4 Å². The second-order valence-corrected chi connectivity index (χ2v) is 5.84. The molecule has 1 amide bonds. The molecular formula is C19H17FN2O3. The van der Waals surface area contributed by atoms with Crippen LogP contribution in [0.1, 0.15) is 24.2 Å². The van der Waals surface area contributed by atoms with Gasteiger partial charge >= 0.3 is 0 Å². The number of aromatic amines is 1. The number of hydrogen-bond donors (Lipinski definition) is 2. The number of hydrogen-bond acceptors (Lipinski definition) is 3. The Morgan fingerprint density at radius 3 is 2.68 bits per heavy atom. The summed E-state index contributed by atoms with van der Waals surface area (Å²) in [6, 6.07) is 10.9. The maximum atomic E-state index is 13.4. The van der Waals surface area contributed by atoms with Crippen LogP contribution in [0.4, 0.5) is 10.1 Å². The number of carbonyl (C=O) groups excluding carboxylic acids is 2. The summed E-state index contributed by atoms with van der Waals surface area (Å²) in [7, 11) is 0. The molecule has 6 heteroatoms. The first-order chi connectivity index (χ1) is 12.0. The highest BCUT2D eigenvalue weighted by molar-refractivity contribution is 6.48. The van der Waals surface area contributed by atoms with Crippen molar-refractivity contribution in [3.8, 4) is 5.75 Å². The number of H-pyrrole nitrogens is 1. The van der Waals surface area contributed by atoms with Gasteiger partial charge < -0.3 is 15.0 Å². The van der Waals surface area contributed by atoms with Gasteiger partial charge in [-0.05, 0) is 44.2 Å². The number of ether oxygens (including phenoxy) is 1. The third-order valence-corrected chi connectivity index (χ3v) is 3.59. The van der Waals surface area contributed by atoms with Gasteiger partial charge in [0.25, 0.3) is 11.7 Å². The number of fused-ring (bicyclic) bond motifs is 1. The molecule has 0 fully saturated rings. The Hall–Kier alpha value is -3.15. The van der Waals surface area contributed by atoms with E-state index in [2.05, 4.69) is 10.3 Å². The van der Waals surface area contributed by atoms with Crippen molar-refractivity contribution >= 4 is 28.3 Å². The molecule has 0 aliphatic heterocycles. The Morgan fingerprint density at radius 2 is 1.92 bits per heavy atom. The first-order valence-corrected chi connectivity index (χ1v) is 7.83. The third-order valence-electron chi connectivity index (χ3n) is 3.59. The number of aromatic nitrogens is 1. The van der Waals surface area contributed by atoms with Crippen LogP contribution in [0, 0.1) is 5.82 Å². The predicted molar refractivity (Wildman–Crippen MR) is 93.4 cm³/mol. The lowest BCUT2D eigenvalue weighted by molar-refractivity contribution is -0.112. The highest BCUT2D eigenvalue weighted by Crippen LogP contribution is 2.26. The summed E-state index contributed by atoms with van der Waals surface area (Å²) in [5.74, 6) is -1.57. The maximum absolute atomic E-state index is 13.4. The maximum Gasteiger partial charge on any atom is 0.296 e. The lowest BCUT2D eigenvalue weighted by Crippen LogP contribution is -2.23. The highest BCUT2D eigenvalue weighted by atomic mass is 19.1. The molecule has 0 bridgehead atoms. The zero-order valence-corrected chi connectivity index (χ0v) is 13.8. The number of carbonyl (C=O) groups is 2.